The number of rotatable bonds is 11. The van der Waals surface area contributed by atoms with Gasteiger partial charge in [-0.1, -0.05) is 25.5 Å². The number of benzene rings is 1. The monoisotopic (exact) mass is 376 g/mol. The highest BCUT2D eigenvalue weighted by Crippen LogP contribution is 2.31. The molecule has 6 nitrogen and oxygen atoms in total. The smallest absolute Gasteiger partial charge is 0.190 e. The third-order valence-electron chi connectivity index (χ3n) is 4.89. The summed E-state index contributed by atoms with van der Waals surface area (Å²) >= 11 is 0. The van der Waals surface area contributed by atoms with Crippen LogP contribution in [0.3, 0.4) is 0 Å². The highest BCUT2D eigenvalue weighted by Gasteiger charge is 2.24. The molecule has 1 aromatic rings. The van der Waals surface area contributed by atoms with E-state index in [4.69, 9.17) is 9.47 Å². The topological polar surface area (TPSA) is 58.1 Å². The first kappa shape index (κ1) is 21.4. The summed E-state index contributed by atoms with van der Waals surface area (Å²) in [5.41, 5.74) is 1.19. The summed E-state index contributed by atoms with van der Waals surface area (Å²) in [4.78, 5) is 6.73. The number of guanidine groups is 1. The number of methoxy groups -OCH3 is 1. The van der Waals surface area contributed by atoms with Crippen LogP contribution in [0.4, 0.5) is 5.69 Å². The molecular formula is C21H36N4O2. The van der Waals surface area contributed by atoms with E-state index in [9.17, 15) is 0 Å². The zero-order chi connectivity index (χ0) is 19.3. The molecule has 0 bridgehead atoms. The maximum Gasteiger partial charge on any atom is 0.190 e. The number of hydrogen-bond donors (Lipinski definition) is 2. The second kappa shape index (κ2) is 12.4. The molecule has 1 aliphatic heterocycles. The highest BCUT2D eigenvalue weighted by atomic mass is 16.5. The van der Waals surface area contributed by atoms with Gasteiger partial charge in [0.25, 0.3) is 0 Å². The van der Waals surface area contributed by atoms with Crippen molar-refractivity contribution in [1.82, 2.24) is 10.6 Å². The zero-order valence-electron chi connectivity index (χ0n) is 17.2. The summed E-state index contributed by atoms with van der Waals surface area (Å²) in [5.74, 6) is 2.43. The van der Waals surface area contributed by atoms with Crippen LogP contribution in [0.2, 0.25) is 0 Å². The lowest BCUT2D eigenvalue weighted by atomic mass is 10.1. The molecule has 1 fully saturated rings. The van der Waals surface area contributed by atoms with Crippen LogP contribution in [0.25, 0.3) is 0 Å². The first-order valence-electron chi connectivity index (χ1n) is 10.2. The van der Waals surface area contributed by atoms with Gasteiger partial charge in [-0.15, -0.1) is 0 Å². The SMILES string of the molecule is CCCCOCCCNC(=NC)NCC1CCN(c2ccccc2OC)C1. The molecular weight excluding hydrogens is 340 g/mol. The zero-order valence-corrected chi connectivity index (χ0v) is 17.2. The van der Waals surface area contributed by atoms with Crippen LogP contribution in [-0.2, 0) is 4.74 Å². The van der Waals surface area contributed by atoms with Gasteiger partial charge in [-0.3, -0.25) is 4.99 Å². The van der Waals surface area contributed by atoms with Crippen LogP contribution < -0.4 is 20.3 Å². The van der Waals surface area contributed by atoms with Gasteiger partial charge in [-0.2, -0.15) is 0 Å². The molecule has 27 heavy (non-hydrogen) atoms. The van der Waals surface area contributed by atoms with Crippen LogP contribution in [0.5, 0.6) is 5.75 Å². The molecule has 6 heteroatoms. The van der Waals surface area contributed by atoms with Crippen molar-refractivity contribution < 1.29 is 9.47 Å². The lowest BCUT2D eigenvalue weighted by molar-refractivity contribution is 0.129. The lowest BCUT2D eigenvalue weighted by Gasteiger charge is -2.21. The quantitative estimate of drug-likeness (QED) is 0.353. The molecule has 0 radical (unpaired) electrons. The molecule has 1 aliphatic rings. The van der Waals surface area contributed by atoms with Crippen molar-refractivity contribution in [3.63, 3.8) is 0 Å². The predicted octanol–water partition coefficient (Wildman–Crippen LogP) is 2.89. The van der Waals surface area contributed by atoms with Crippen LogP contribution in [0.15, 0.2) is 29.3 Å². The van der Waals surface area contributed by atoms with Crippen molar-refractivity contribution in [1.29, 1.82) is 0 Å². The van der Waals surface area contributed by atoms with E-state index in [1.807, 2.05) is 19.2 Å². The van der Waals surface area contributed by atoms with Crippen LogP contribution >= 0.6 is 0 Å². The van der Waals surface area contributed by atoms with Gasteiger partial charge in [0.15, 0.2) is 5.96 Å². The first-order valence-corrected chi connectivity index (χ1v) is 10.2. The summed E-state index contributed by atoms with van der Waals surface area (Å²) in [6.07, 6.45) is 4.50. The summed E-state index contributed by atoms with van der Waals surface area (Å²) in [5, 5.41) is 6.83. The third-order valence-corrected chi connectivity index (χ3v) is 4.89. The van der Waals surface area contributed by atoms with E-state index >= 15 is 0 Å². The van der Waals surface area contributed by atoms with E-state index in [2.05, 4.69) is 39.6 Å². The Kier molecular flexibility index (Phi) is 9.84. The molecule has 1 aromatic carbocycles. The Labute approximate surface area is 164 Å². The Morgan fingerprint density at radius 1 is 1.22 bits per heavy atom. The molecule has 2 rings (SSSR count). The number of ether oxygens (including phenoxy) is 2. The Hall–Kier alpha value is -1.95. The van der Waals surface area contributed by atoms with Gasteiger partial charge in [0.05, 0.1) is 12.8 Å². The molecule has 2 N–H and O–H groups in total. The van der Waals surface area contributed by atoms with E-state index in [0.717, 1.165) is 63.9 Å². The van der Waals surface area contributed by atoms with E-state index in [1.165, 1.54) is 18.5 Å². The maximum atomic E-state index is 5.59. The standard InChI is InChI=1S/C21H36N4O2/c1-4-5-14-27-15-8-12-23-21(22-2)24-16-18-11-13-25(17-18)19-9-6-7-10-20(19)26-3/h6-7,9-10,18H,4-5,8,11-17H2,1-3H3,(H2,22,23,24). The number of unbranched alkanes of at least 4 members (excludes halogenated alkanes) is 1. The van der Waals surface area contributed by atoms with Gasteiger partial charge in [0, 0.05) is 46.4 Å². The molecule has 0 aliphatic carbocycles. The number of anilines is 1. The Morgan fingerprint density at radius 3 is 2.81 bits per heavy atom. The molecule has 1 unspecified atom stereocenters. The molecule has 1 atom stereocenters. The summed E-state index contributed by atoms with van der Waals surface area (Å²) in [6.45, 7) is 7.76. The van der Waals surface area contributed by atoms with Crippen molar-refractivity contribution in [2.45, 2.75) is 32.6 Å². The number of nitrogens with one attached hydrogen (secondary N) is 2. The normalized spacial score (nSPS) is 17.2. The van der Waals surface area contributed by atoms with Crippen LogP contribution in [0, 0.1) is 5.92 Å². The number of aliphatic imine (C=N–C) groups is 1. The molecule has 152 valence electrons. The fourth-order valence-electron chi connectivity index (χ4n) is 3.30. The van der Waals surface area contributed by atoms with Crippen molar-refractivity contribution in [3.05, 3.63) is 24.3 Å². The van der Waals surface area contributed by atoms with Crippen molar-refractivity contribution in [2.24, 2.45) is 10.9 Å². The minimum atomic E-state index is 0.603. The molecule has 0 aromatic heterocycles. The van der Waals surface area contributed by atoms with Crippen molar-refractivity contribution in [2.75, 3.05) is 58.5 Å². The summed E-state index contributed by atoms with van der Waals surface area (Å²) in [7, 11) is 3.56. The Balaban J connectivity index is 1.65. The van der Waals surface area contributed by atoms with E-state index < -0.39 is 0 Å². The minimum Gasteiger partial charge on any atom is -0.495 e. The molecule has 1 saturated heterocycles. The molecule has 0 spiro atoms. The van der Waals surface area contributed by atoms with Crippen LogP contribution in [0.1, 0.15) is 32.6 Å². The average molecular weight is 377 g/mol. The minimum absolute atomic E-state index is 0.603. The Morgan fingerprint density at radius 2 is 2.04 bits per heavy atom. The number of para-hydroxylation sites is 2. The van der Waals surface area contributed by atoms with Crippen LogP contribution in [-0.4, -0.2) is 59.5 Å². The molecule has 1 heterocycles. The fraction of sp³-hybridized carbons (Fsp3) is 0.667. The van der Waals surface area contributed by atoms with Gasteiger partial charge < -0.3 is 25.0 Å². The van der Waals surface area contributed by atoms with Crippen molar-refractivity contribution >= 4 is 11.6 Å². The average Bonchev–Trinajstić information content (AvgIpc) is 3.18. The van der Waals surface area contributed by atoms with E-state index in [0.29, 0.717) is 5.92 Å². The number of hydrogen-bond acceptors (Lipinski definition) is 4. The van der Waals surface area contributed by atoms with Gasteiger partial charge >= 0.3 is 0 Å². The number of nitrogens with zero attached hydrogens (tertiary/aromatic N) is 2. The third kappa shape index (κ3) is 7.29. The van der Waals surface area contributed by atoms with Gasteiger partial charge in [0.2, 0.25) is 0 Å². The highest BCUT2D eigenvalue weighted by molar-refractivity contribution is 5.79. The van der Waals surface area contributed by atoms with E-state index in [-0.39, 0.29) is 0 Å². The largest absolute Gasteiger partial charge is 0.495 e. The first-order chi connectivity index (χ1) is 13.3. The summed E-state index contributed by atoms with van der Waals surface area (Å²) in [6, 6.07) is 8.25. The molecule has 0 saturated carbocycles. The summed E-state index contributed by atoms with van der Waals surface area (Å²) < 4.78 is 11.1. The second-order valence-electron chi connectivity index (χ2n) is 6.97. The van der Waals surface area contributed by atoms with E-state index in [1.54, 1.807) is 7.11 Å². The van der Waals surface area contributed by atoms with Crippen molar-refractivity contribution in [3.8, 4) is 5.75 Å². The fourth-order valence-corrected chi connectivity index (χ4v) is 3.30. The second-order valence-corrected chi connectivity index (χ2v) is 6.97. The Bertz CT molecular complexity index is 565. The predicted molar refractivity (Wildman–Crippen MR) is 113 cm³/mol. The maximum absolute atomic E-state index is 5.59. The van der Waals surface area contributed by atoms with Gasteiger partial charge in [-0.05, 0) is 37.3 Å². The molecule has 0 amide bonds. The lowest BCUT2D eigenvalue weighted by Crippen LogP contribution is -2.40. The van der Waals surface area contributed by atoms with Gasteiger partial charge in [-0.25, -0.2) is 0 Å². The van der Waals surface area contributed by atoms with Gasteiger partial charge in [0.1, 0.15) is 5.75 Å².